The van der Waals surface area contributed by atoms with E-state index in [0.717, 1.165) is 12.1 Å². The van der Waals surface area contributed by atoms with Crippen LogP contribution in [0.25, 0.3) is 0 Å². The molecule has 1 rings (SSSR count). The molecular formula is C12H17NO2S. The van der Waals surface area contributed by atoms with Crippen molar-refractivity contribution in [1.29, 1.82) is 0 Å². The molecule has 3 nitrogen and oxygen atoms in total. The molecule has 0 spiro atoms. The van der Waals surface area contributed by atoms with Crippen molar-refractivity contribution in [2.45, 2.75) is 19.6 Å². The first kappa shape index (κ1) is 13.2. The van der Waals surface area contributed by atoms with Crippen molar-refractivity contribution in [2.75, 3.05) is 20.2 Å². The molecule has 0 aromatic carbocycles. The summed E-state index contributed by atoms with van der Waals surface area (Å²) in [7, 11) is 1.97. The number of hydrogen-bond acceptors (Lipinski definition) is 4. The maximum absolute atomic E-state index is 9.26. The maximum atomic E-state index is 9.26. The Morgan fingerprint density at radius 2 is 2.31 bits per heavy atom. The van der Waals surface area contributed by atoms with Crippen LogP contribution in [0.4, 0.5) is 0 Å². The lowest BCUT2D eigenvalue weighted by Gasteiger charge is -2.17. The van der Waals surface area contributed by atoms with Gasteiger partial charge in [-0.1, -0.05) is 11.8 Å². The van der Waals surface area contributed by atoms with Crippen molar-refractivity contribution in [3.63, 3.8) is 0 Å². The predicted octanol–water partition coefficient (Wildman–Crippen LogP) is 0.905. The van der Waals surface area contributed by atoms with Crippen LogP contribution in [0.1, 0.15) is 17.4 Å². The zero-order valence-electron chi connectivity index (χ0n) is 9.60. The number of aliphatic hydroxyl groups is 2. The second-order valence-corrected chi connectivity index (χ2v) is 4.76. The lowest BCUT2D eigenvalue weighted by molar-refractivity contribution is 0.139. The molecule has 88 valence electrons. The average molecular weight is 239 g/mol. The Kier molecular flexibility index (Phi) is 5.50. The van der Waals surface area contributed by atoms with Crippen LogP contribution in [-0.2, 0) is 6.54 Å². The molecule has 1 aromatic rings. The molecule has 1 aromatic heterocycles. The Bertz CT molecular complexity index is 376. The normalized spacial score (nSPS) is 12.3. The van der Waals surface area contributed by atoms with E-state index in [9.17, 15) is 5.11 Å². The first-order valence-corrected chi connectivity index (χ1v) is 6.04. The zero-order chi connectivity index (χ0) is 12.0. The van der Waals surface area contributed by atoms with E-state index in [1.54, 1.807) is 18.3 Å². The Hall–Kier alpha value is -0.860. The van der Waals surface area contributed by atoms with E-state index in [1.807, 2.05) is 18.5 Å². The topological polar surface area (TPSA) is 43.7 Å². The molecule has 0 amide bonds. The summed E-state index contributed by atoms with van der Waals surface area (Å²) in [6.07, 6.45) is -0.322. The molecule has 2 N–H and O–H groups in total. The van der Waals surface area contributed by atoms with Gasteiger partial charge in [-0.15, -0.1) is 11.3 Å². The van der Waals surface area contributed by atoms with E-state index < -0.39 is 0 Å². The standard InChI is InChI=1S/C12H17NO2S/c1-10(15)8-13(2)9-12-11(4-3-6-14)5-7-16-12/h5,7,10,14-15H,6,8-9H2,1-2H3. The molecule has 0 saturated carbocycles. The largest absolute Gasteiger partial charge is 0.392 e. The molecule has 0 aliphatic rings. The summed E-state index contributed by atoms with van der Waals surface area (Å²) >= 11 is 1.65. The van der Waals surface area contributed by atoms with Crippen molar-refractivity contribution in [3.05, 3.63) is 21.9 Å². The highest BCUT2D eigenvalue weighted by Gasteiger charge is 2.07. The summed E-state index contributed by atoms with van der Waals surface area (Å²) < 4.78 is 0. The molecule has 0 fully saturated rings. The fraction of sp³-hybridized carbons (Fsp3) is 0.500. The Morgan fingerprint density at radius 1 is 1.56 bits per heavy atom. The molecule has 1 heterocycles. The molecular weight excluding hydrogens is 222 g/mol. The smallest absolute Gasteiger partial charge is 0.104 e. The van der Waals surface area contributed by atoms with Gasteiger partial charge in [0.15, 0.2) is 0 Å². The van der Waals surface area contributed by atoms with E-state index in [2.05, 4.69) is 16.7 Å². The van der Waals surface area contributed by atoms with E-state index in [4.69, 9.17) is 5.11 Å². The van der Waals surface area contributed by atoms with Gasteiger partial charge in [-0.05, 0) is 25.4 Å². The fourth-order valence-corrected chi connectivity index (χ4v) is 2.38. The Balaban J connectivity index is 2.63. The minimum atomic E-state index is -0.322. The molecule has 0 bridgehead atoms. The van der Waals surface area contributed by atoms with Gasteiger partial charge in [0, 0.05) is 23.5 Å². The second-order valence-electron chi connectivity index (χ2n) is 3.76. The maximum Gasteiger partial charge on any atom is 0.104 e. The van der Waals surface area contributed by atoms with Crippen LogP contribution in [0.5, 0.6) is 0 Å². The number of likely N-dealkylation sites (N-methyl/N-ethyl adjacent to an activating group) is 1. The van der Waals surface area contributed by atoms with Gasteiger partial charge in [0.1, 0.15) is 6.61 Å². The molecule has 0 saturated heterocycles. The van der Waals surface area contributed by atoms with Crippen LogP contribution in [0.3, 0.4) is 0 Å². The predicted molar refractivity (Wildman–Crippen MR) is 66.3 cm³/mol. The number of rotatable bonds is 4. The third-order valence-electron chi connectivity index (χ3n) is 2.04. The minimum absolute atomic E-state index is 0.112. The highest BCUT2D eigenvalue weighted by atomic mass is 32.1. The zero-order valence-corrected chi connectivity index (χ0v) is 10.4. The first-order valence-electron chi connectivity index (χ1n) is 5.16. The van der Waals surface area contributed by atoms with Gasteiger partial charge in [0.2, 0.25) is 0 Å². The van der Waals surface area contributed by atoms with Gasteiger partial charge in [0.05, 0.1) is 6.10 Å². The summed E-state index contributed by atoms with van der Waals surface area (Å²) in [6, 6.07) is 1.96. The second kappa shape index (κ2) is 6.66. The minimum Gasteiger partial charge on any atom is -0.392 e. The van der Waals surface area contributed by atoms with Gasteiger partial charge >= 0.3 is 0 Å². The summed E-state index contributed by atoms with van der Waals surface area (Å²) in [4.78, 5) is 3.23. The Morgan fingerprint density at radius 3 is 2.94 bits per heavy atom. The lowest BCUT2D eigenvalue weighted by Crippen LogP contribution is -2.26. The quantitative estimate of drug-likeness (QED) is 0.767. The lowest BCUT2D eigenvalue weighted by atomic mass is 10.2. The summed E-state index contributed by atoms with van der Waals surface area (Å²) in [5, 5.41) is 19.9. The molecule has 0 aliphatic heterocycles. The van der Waals surface area contributed by atoms with Crippen molar-refractivity contribution >= 4 is 11.3 Å². The monoisotopic (exact) mass is 239 g/mol. The van der Waals surface area contributed by atoms with E-state index >= 15 is 0 Å². The van der Waals surface area contributed by atoms with E-state index in [0.29, 0.717) is 6.54 Å². The molecule has 1 atom stereocenters. The van der Waals surface area contributed by atoms with Gasteiger partial charge in [-0.25, -0.2) is 0 Å². The van der Waals surface area contributed by atoms with E-state index in [1.165, 1.54) is 4.88 Å². The van der Waals surface area contributed by atoms with Crippen molar-refractivity contribution in [1.82, 2.24) is 4.90 Å². The number of nitrogens with zero attached hydrogens (tertiary/aromatic N) is 1. The Labute approximate surface area is 100 Å². The van der Waals surface area contributed by atoms with Crippen LogP contribution in [0, 0.1) is 11.8 Å². The fourth-order valence-electron chi connectivity index (χ4n) is 1.47. The summed E-state index contributed by atoms with van der Waals surface area (Å²) in [5.41, 5.74) is 0.969. The van der Waals surface area contributed by atoms with Crippen molar-refractivity contribution in [3.8, 4) is 11.8 Å². The van der Waals surface area contributed by atoms with Gasteiger partial charge < -0.3 is 10.2 Å². The first-order chi connectivity index (χ1) is 7.63. The van der Waals surface area contributed by atoms with Gasteiger partial charge in [-0.3, -0.25) is 4.90 Å². The molecule has 0 aliphatic carbocycles. The third-order valence-corrected chi connectivity index (χ3v) is 2.94. The van der Waals surface area contributed by atoms with Crippen LogP contribution in [0.15, 0.2) is 11.4 Å². The SMILES string of the molecule is CC(O)CN(C)Cc1sccc1C#CCO. The number of thiophene rings is 1. The van der Waals surface area contributed by atoms with E-state index in [-0.39, 0.29) is 12.7 Å². The van der Waals surface area contributed by atoms with Crippen LogP contribution < -0.4 is 0 Å². The van der Waals surface area contributed by atoms with Gasteiger partial charge in [0.25, 0.3) is 0 Å². The molecule has 4 heteroatoms. The number of hydrogen-bond donors (Lipinski definition) is 2. The third kappa shape index (κ3) is 4.33. The highest BCUT2D eigenvalue weighted by molar-refractivity contribution is 7.10. The average Bonchev–Trinajstić information content (AvgIpc) is 2.61. The summed E-state index contributed by atoms with van der Waals surface area (Å²) in [5.74, 6) is 5.57. The van der Waals surface area contributed by atoms with Crippen LogP contribution in [-0.4, -0.2) is 41.4 Å². The number of aliphatic hydroxyl groups excluding tert-OH is 2. The van der Waals surface area contributed by atoms with Gasteiger partial charge in [-0.2, -0.15) is 0 Å². The van der Waals surface area contributed by atoms with Crippen molar-refractivity contribution < 1.29 is 10.2 Å². The van der Waals surface area contributed by atoms with Crippen LogP contribution >= 0.6 is 11.3 Å². The van der Waals surface area contributed by atoms with Crippen molar-refractivity contribution in [2.24, 2.45) is 0 Å². The molecule has 1 unspecified atom stereocenters. The summed E-state index contributed by atoms with van der Waals surface area (Å²) in [6.45, 7) is 3.08. The molecule has 0 radical (unpaired) electrons. The molecule has 16 heavy (non-hydrogen) atoms. The highest BCUT2D eigenvalue weighted by Crippen LogP contribution is 2.17. The van der Waals surface area contributed by atoms with Crippen LogP contribution in [0.2, 0.25) is 0 Å².